The summed E-state index contributed by atoms with van der Waals surface area (Å²) >= 11 is 0. The highest BCUT2D eigenvalue weighted by Crippen LogP contribution is 2.29. The molecule has 0 aliphatic rings. The molecule has 0 fully saturated rings. The number of benzene rings is 2. The summed E-state index contributed by atoms with van der Waals surface area (Å²) in [5.74, 6) is -3.38. The maximum absolute atomic E-state index is 13.3. The molecule has 0 atom stereocenters. The first-order valence-electron chi connectivity index (χ1n) is 4.27. The number of rotatable bonds is 0. The van der Waals surface area contributed by atoms with Gasteiger partial charge in [0.1, 0.15) is 11.6 Å². The van der Waals surface area contributed by atoms with E-state index in [1.165, 1.54) is 13.0 Å². The van der Waals surface area contributed by atoms with Crippen LogP contribution in [0.15, 0.2) is 18.2 Å². The summed E-state index contributed by atoms with van der Waals surface area (Å²) < 4.78 is 39.5. The normalized spacial score (nSPS) is 10.9. The number of phenolic OH excluding ortho intramolecular Hbond substituents is 1. The van der Waals surface area contributed by atoms with Gasteiger partial charge in [-0.2, -0.15) is 0 Å². The minimum Gasteiger partial charge on any atom is -0.508 e. The van der Waals surface area contributed by atoms with Gasteiger partial charge in [0.25, 0.3) is 0 Å². The highest BCUT2D eigenvalue weighted by atomic mass is 19.2. The van der Waals surface area contributed by atoms with Gasteiger partial charge in [0.2, 0.25) is 0 Å². The van der Waals surface area contributed by atoms with Crippen molar-refractivity contribution in [3.63, 3.8) is 0 Å². The van der Waals surface area contributed by atoms with Gasteiger partial charge >= 0.3 is 0 Å². The quantitative estimate of drug-likeness (QED) is 0.664. The van der Waals surface area contributed by atoms with Crippen LogP contribution in [0.25, 0.3) is 10.8 Å². The second kappa shape index (κ2) is 3.15. The second-order valence-corrected chi connectivity index (χ2v) is 3.34. The largest absolute Gasteiger partial charge is 0.508 e. The van der Waals surface area contributed by atoms with Crippen molar-refractivity contribution in [2.24, 2.45) is 0 Å². The van der Waals surface area contributed by atoms with Gasteiger partial charge in [-0.1, -0.05) is 0 Å². The molecule has 2 rings (SSSR count). The minimum atomic E-state index is -1.23. The smallest absolute Gasteiger partial charge is 0.167 e. The summed E-state index contributed by atoms with van der Waals surface area (Å²) in [5.41, 5.74) is 0.293. The van der Waals surface area contributed by atoms with Crippen LogP contribution in [0, 0.1) is 24.4 Å². The number of fused-ring (bicyclic) bond motifs is 1. The van der Waals surface area contributed by atoms with Crippen LogP contribution in [0.5, 0.6) is 5.75 Å². The van der Waals surface area contributed by atoms with E-state index in [1.807, 2.05) is 0 Å². The Balaban J connectivity index is 3.03. The average molecular weight is 212 g/mol. The third-order valence-electron chi connectivity index (χ3n) is 2.26. The van der Waals surface area contributed by atoms with Gasteiger partial charge in [-0.3, -0.25) is 0 Å². The number of aromatic hydroxyl groups is 1. The first-order chi connectivity index (χ1) is 7.00. The van der Waals surface area contributed by atoms with E-state index in [0.717, 1.165) is 6.07 Å². The van der Waals surface area contributed by atoms with E-state index < -0.39 is 17.5 Å². The Hall–Kier alpha value is -1.71. The van der Waals surface area contributed by atoms with Crippen LogP contribution < -0.4 is 0 Å². The molecule has 0 aliphatic carbocycles. The summed E-state index contributed by atoms with van der Waals surface area (Å²) in [6, 6.07) is 2.79. The molecule has 2 aromatic carbocycles. The Kier molecular flexibility index (Phi) is 2.07. The lowest BCUT2D eigenvalue weighted by Gasteiger charge is -2.06. The summed E-state index contributed by atoms with van der Waals surface area (Å²) in [6.45, 7) is 1.48. The van der Waals surface area contributed by atoms with E-state index in [1.54, 1.807) is 0 Å². The molecule has 0 amide bonds. The zero-order valence-corrected chi connectivity index (χ0v) is 7.81. The van der Waals surface area contributed by atoms with E-state index in [9.17, 15) is 18.3 Å². The van der Waals surface area contributed by atoms with E-state index in [-0.39, 0.29) is 16.5 Å². The van der Waals surface area contributed by atoms with Crippen molar-refractivity contribution in [3.8, 4) is 5.75 Å². The summed E-state index contributed by atoms with van der Waals surface area (Å²) in [4.78, 5) is 0. The first-order valence-corrected chi connectivity index (χ1v) is 4.27. The van der Waals surface area contributed by atoms with Crippen LogP contribution >= 0.6 is 0 Å². The molecule has 0 unspecified atom stereocenters. The van der Waals surface area contributed by atoms with Crippen molar-refractivity contribution in [1.82, 2.24) is 0 Å². The fourth-order valence-corrected chi connectivity index (χ4v) is 1.62. The molecular weight excluding hydrogens is 205 g/mol. The van der Waals surface area contributed by atoms with E-state index >= 15 is 0 Å². The van der Waals surface area contributed by atoms with Crippen LogP contribution in [-0.4, -0.2) is 5.11 Å². The third-order valence-corrected chi connectivity index (χ3v) is 2.26. The maximum Gasteiger partial charge on any atom is 0.167 e. The maximum atomic E-state index is 13.3. The van der Waals surface area contributed by atoms with Crippen LogP contribution in [0.3, 0.4) is 0 Å². The van der Waals surface area contributed by atoms with Gasteiger partial charge < -0.3 is 5.11 Å². The zero-order valence-electron chi connectivity index (χ0n) is 7.81. The van der Waals surface area contributed by atoms with Crippen LogP contribution in [0.4, 0.5) is 13.2 Å². The highest BCUT2D eigenvalue weighted by Gasteiger charge is 2.14. The fraction of sp³-hybridized carbons (Fsp3) is 0.0909. The zero-order chi connectivity index (χ0) is 11.2. The SMILES string of the molecule is Cc1cc(O)cc2c(F)cc(F)c(F)c12. The molecule has 2 aromatic rings. The van der Waals surface area contributed by atoms with Crippen molar-refractivity contribution >= 4 is 10.8 Å². The van der Waals surface area contributed by atoms with Crippen LogP contribution in [0.1, 0.15) is 5.56 Å². The Morgan fingerprint density at radius 1 is 1.00 bits per heavy atom. The molecule has 0 saturated carbocycles. The minimum absolute atomic E-state index is 0.119. The summed E-state index contributed by atoms with van der Waals surface area (Å²) in [6.07, 6.45) is 0. The molecule has 15 heavy (non-hydrogen) atoms. The average Bonchev–Trinajstić information content (AvgIpc) is 2.13. The Bertz CT molecular complexity index is 549. The number of hydrogen-bond donors (Lipinski definition) is 1. The van der Waals surface area contributed by atoms with Crippen molar-refractivity contribution in [2.75, 3.05) is 0 Å². The second-order valence-electron chi connectivity index (χ2n) is 3.34. The predicted octanol–water partition coefficient (Wildman–Crippen LogP) is 3.27. The van der Waals surface area contributed by atoms with Gasteiger partial charge in [0.05, 0.1) is 0 Å². The van der Waals surface area contributed by atoms with Crippen LogP contribution in [-0.2, 0) is 0 Å². The first kappa shape index (κ1) is 9.83. The molecule has 78 valence electrons. The third kappa shape index (κ3) is 1.42. The Morgan fingerprint density at radius 3 is 2.33 bits per heavy atom. The number of phenols is 1. The van der Waals surface area contributed by atoms with Crippen molar-refractivity contribution in [1.29, 1.82) is 0 Å². The lowest BCUT2D eigenvalue weighted by Crippen LogP contribution is -1.92. The van der Waals surface area contributed by atoms with E-state index in [4.69, 9.17) is 0 Å². The van der Waals surface area contributed by atoms with E-state index in [2.05, 4.69) is 0 Å². The highest BCUT2D eigenvalue weighted by molar-refractivity contribution is 5.88. The monoisotopic (exact) mass is 212 g/mol. The molecular formula is C11H7F3O. The Morgan fingerprint density at radius 2 is 1.67 bits per heavy atom. The molecule has 0 saturated heterocycles. The van der Waals surface area contributed by atoms with Gasteiger partial charge in [0.15, 0.2) is 11.6 Å². The van der Waals surface area contributed by atoms with Crippen molar-refractivity contribution in [2.45, 2.75) is 6.92 Å². The fourth-order valence-electron chi connectivity index (χ4n) is 1.62. The van der Waals surface area contributed by atoms with E-state index in [0.29, 0.717) is 11.6 Å². The molecule has 0 radical (unpaired) electrons. The lowest BCUT2D eigenvalue weighted by molar-refractivity contribution is 0.474. The van der Waals surface area contributed by atoms with Gasteiger partial charge in [-0.25, -0.2) is 13.2 Å². The van der Waals surface area contributed by atoms with Gasteiger partial charge in [0, 0.05) is 16.8 Å². The number of aryl methyl sites for hydroxylation is 1. The Labute approximate surface area is 83.8 Å². The topological polar surface area (TPSA) is 20.2 Å². The standard InChI is InChI=1S/C11H7F3O/c1-5-2-6(15)3-7-8(12)4-9(13)11(14)10(5)7/h2-4,15H,1H3. The molecule has 0 aliphatic heterocycles. The molecule has 1 N–H and O–H groups in total. The summed E-state index contributed by atoms with van der Waals surface area (Å²) in [7, 11) is 0. The van der Waals surface area contributed by atoms with Gasteiger partial charge in [-0.05, 0) is 24.6 Å². The van der Waals surface area contributed by atoms with Crippen molar-refractivity contribution < 1.29 is 18.3 Å². The number of halogens is 3. The lowest BCUT2D eigenvalue weighted by atomic mass is 10.0. The number of hydrogen-bond acceptors (Lipinski definition) is 1. The summed E-state index contributed by atoms with van der Waals surface area (Å²) in [5, 5.41) is 8.96. The molecule has 0 bridgehead atoms. The van der Waals surface area contributed by atoms with Gasteiger partial charge in [-0.15, -0.1) is 0 Å². The molecule has 4 heteroatoms. The van der Waals surface area contributed by atoms with Crippen LogP contribution in [0.2, 0.25) is 0 Å². The molecule has 0 heterocycles. The van der Waals surface area contributed by atoms with Crippen molar-refractivity contribution in [3.05, 3.63) is 41.2 Å². The molecule has 0 spiro atoms. The molecule has 1 nitrogen and oxygen atoms in total. The molecule has 0 aromatic heterocycles. The predicted molar refractivity (Wildman–Crippen MR) is 50.2 cm³/mol.